The zero-order valence-corrected chi connectivity index (χ0v) is 10.8. The highest BCUT2D eigenvalue weighted by Gasteiger charge is 2.11. The second-order valence-corrected chi connectivity index (χ2v) is 4.67. The third-order valence-electron chi connectivity index (χ3n) is 3.17. The molecule has 0 aromatic heterocycles. The van der Waals surface area contributed by atoms with Crippen molar-refractivity contribution in [2.75, 3.05) is 0 Å². The number of benzene rings is 1. The lowest BCUT2D eigenvalue weighted by Gasteiger charge is -2.15. The lowest BCUT2D eigenvalue weighted by molar-refractivity contribution is -0.136. The fourth-order valence-corrected chi connectivity index (χ4v) is 2.19. The number of carboxylic acid groups (broad SMARTS) is 1. The highest BCUT2D eigenvalue weighted by Crippen LogP contribution is 2.25. The predicted octanol–water partition coefficient (Wildman–Crippen LogP) is 4.00. The Hall–Kier alpha value is -1.31. The quantitative estimate of drug-likeness (QED) is 0.724. The van der Waals surface area contributed by atoms with Crippen LogP contribution in [0.4, 0.5) is 0 Å². The molecule has 0 aliphatic heterocycles. The maximum atomic E-state index is 10.8. The van der Waals surface area contributed by atoms with Crippen molar-refractivity contribution in [1.82, 2.24) is 0 Å². The van der Waals surface area contributed by atoms with Crippen molar-refractivity contribution in [3.8, 4) is 0 Å². The molecular formula is C15H22O2. The third-order valence-corrected chi connectivity index (χ3v) is 3.17. The van der Waals surface area contributed by atoms with Gasteiger partial charge in [0.25, 0.3) is 0 Å². The molecule has 0 unspecified atom stereocenters. The summed E-state index contributed by atoms with van der Waals surface area (Å²) in [5.74, 6) is -0.296. The summed E-state index contributed by atoms with van der Waals surface area (Å²) in [6.07, 6.45) is 4.98. The van der Waals surface area contributed by atoms with E-state index in [1.54, 1.807) is 0 Å². The third kappa shape index (κ3) is 4.59. The number of unbranched alkanes of at least 4 members (excludes halogenated alkanes) is 2. The van der Waals surface area contributed by atoms with E-state index >= 15 is 0 Å². The van der Waals surface area contributed by atoms with Gasteiger partial charge in [-0.3, -0.25) is 4.79 Å². The van der Waals surface area contributed by atoms with Crippen LogP contribution in [0.5, 0.6) is 0 Å². The average Bonchev–Trinajstić information content (AvgIpc) is 2.29. The standard InChI is InChI=1S/C15H22O2/c1-3-4-5-8-12(2)14-10-7-6-9-13(14)11-15(16)17/h6-7,9-10,12H,3-5,8,11H2,1-2H3,(H,16,17)/t12-/m0/s1. The number of aliphatic carboxylic acids is 1. The van der Waals surface area contributed by atoms with Crippen LogP contribution in [0.25, 0.3) is 0 Å². The van der Waals surface area contributed by atoms with Gasteiger partial charge in [-0.1, -0.05) is 57.4 Å². The molecular weight excluding hydrogens is 212 g/mol. The summed E-state index contributed by atoms with van der Waals surface area (Å²) in [4.78, 5) is 10.8. The van der Waals surface area contributed by atoms with Gasteiger partial charge in [0.2, 0.25) is 0 Å². The summed E-state index contributed by atoms with van der Waals surface area (Å²) < 4.78 is 0. The van der Waals surface area contributed by atoms with E-state index in [0.29, 0.717) is 5.92 Å². The highest BCUT2D eigenvalue weighted by molar-refractivity contribution is 5.70. The first-order valence-electron chi connectivity index (χ1n) is 6.44. The van der Waals surface area contributed by atoms with E-state index in [2.05, 4.69) is 19.9 Å². The summed E-state index contributed by atoms with van der Waals surface area (Å²) in [5, 5.41) is 8.89. The van der Waals surface area contributed by atoms with Crippen molar-refractivity contribution in [3.05, 3.63) is 35.4 Å². The van der Waals surface area contributed by atoms with E-state index in [1.165, 1.54) is 24.8 Å². The van der Waals surface area contributed by atoms with E-state index in [0.717, 1.165) is 12.0 Å². The van der Waals surface area contributed by atoms with Crippen molar-refractivity contribution in [2.45, 2.75) is 51.9 Å². The van der Waals surface area contributed by atoms with Gasteiger partial charge in [-0.05, 0) is 23.5 Å². The average molecular weight is 234 g/mol. The lowest BCUT2D eigenvalue weighted by atomic mass is 9.90. The lowest BCUT2D eigenvalue weighted by Crippen LogP contribution is -2.05. The Bertz CT molecular complexity index is 358. The van der Waals surface area contributed by atoms with Crippen molar-refractivity contribution >= 4 is 5.97 Å². The molecule has 0 saturated heterocycles. The number of carboxylic acids is 1. The maximum Gasteiger partial charge on any atom is 0.307 e. The van der Waals surface area contributed by atoms with Crippen LogP contribution in [0.15, 0.2) is 24.3 Å². The molecule has 17 heavy (non-hydrogen) atoms. The zero-order valence-electron chi connectivity index (χ0n) is 10.8. The molecule has 1 aromatic rings. The van der Waals surface area contributed by atoms with Gasteiger partial charge >= 0.3 is 5.97 Å². The maximum absolute atomic E-state index is 10.8. The molecule has 0 radical (unpaired) electrons. The Labute approximate surface area is 104 Å². The Kier molecular flexibility index (Phi) is 5.75. The van der Waals surface area contributed by atoms with Gasteiger partial charge in [0, 0.05) is 0 Å². The molecule has 1 N–H and O–H groups in total. The van der Waals surface area contributed by atoms with Gasteiger partial charge in [-0.25, -0.2) is 0 Å². The van der Waals surface area contributed by atoms with Crippen LogP contribution in [0.2, 0.25) is 0 Å². The topological polar surface area (TPSA) is 37.3 Å². The monoisotopic (exact) mass is 234 g/mol. The van der Waals surface area contributed by atoms with Gasteiger partial charge in [0.15, 0.2) is 0 Å². The Morgan fingerprint density at radius 1 is 1.29 bits per heavy atom. The van der Waals surface area contributed by atoms with Crippen LogP contribution in [-0.4, -0.2) is 11.1 Å². The van der Waals surface area contributed by atoms with Crippen LogP contribution in [-0.2, 0) is 11.2 Å². The predicted molar refractivity (Wildman–Crippen MR) is 70.3 cm³/mol. The van der Waals surface area contributed by atoms with E-state index in [-0.39, 0.29) is 6.42 Å². The summed E-state index contributed by atoms with van der Waals surface area (Å²) in [5.41, 5.74) is 2.16. The molecule has 2 heteroatoms. The Balaban J connectivity index is 2.70. The number of rotatable bonds is 7. The Morgan fingerprint density at radius 2 is 2.00 bits per heavy atom. The summed E-state index contributed by atoms with van der Waals surface area (Å²) >= 11 is 0. The molecule has 2 nitrogen and oxygen atoms in total. The van der Waals surface area contributed by atoms with Crippen LogP contribution in [0, 0.1) is 0 Å². The van der Waals surface area contributed by atoms with Gasteiger partial charge in [-0.15, -0.1) is 0 Å². The van der Waals surface area contributed by atoms with E-state index in [1.807, 2.05) is 18.2 Å². The fourth-order valence-electron chi connectivity index (χ4n) is 2.19. The first-order valence-corrected chi connectivity index (χ1v) is 6.44. The molecule has 0 aliphatic carbocycles. The highest BCUT2D eigenvalue weighted by atomic mass is 16.4. The van der Waals surface area contributed by atoms with E-state index in [9.17, 15) is 4.79 Å². The molecule has 94 valence electrons. The van der Waals surface area contributed by atoms with Gasteiger partial charge in [-0.2, -0.15) is 0 Å². The van der Waals surface area contributed by atoms with Gasteiger partial charge in [0.1, 0.15) is 0 Å². The molecule has 0 amide bonds. The van der Waals surface area contributed by atoms with Gasteiger partial charge < -0.3 is 5.11 Å². The molecule has 0 aliphatic rings. The molecule has 1 atom stereocenters. The molecule has 0 bridgehead atoms. The summed E-state index contributed by atoms with van der Waals surface area (Å²) in [6, 6.07) is 7.91. The van der Waals surface area contributed by atoms with Crippen LogP contribution >= 0.6 is 0 Å². The van der Waals surface area contributed by atoms with E-state index < -0.39 is 5.97 Å². The fraction of sp³-hybridized carbons (Fsp3) is 0.533. The van der Waals surface area contributed by atoms with Crippen molar-refractivity contribution in [2.24, 2.45) is 0 Å². The van der Waals surface area contributed by atoms with Crippen molar-refractivity contribution < 1.29 is 9.90 Å². The minimum atomic E-state index is -0.752. The zero-order chi connectivity index (χ0) is 12.7. The largest absolute Gasteiger partial charge is 0.481 e. The molecule has 0 saturated carbocycles. The Morgan fingerprint density at radius 3 is 2.65 bits per heavy atom. The number of hydrogen-bond donors (Lipinski definition) is 1. The molecule has 0 heterocycles. The minimum absolute atomic E-state index is 0.133. The second-order valence-electron chi connectivity index (χ2n) is 4.67. The second kappa shape index (κ2) is 7.10. The first kappa shape index (κ1) is 13.8. The minimum Gasteiger partial charge on any atom is -0.481 e. The summed E-state index contributed by atoms with van der Waals surface area (Å²) in [6.45, 7) is 4.39. The van der Waals surface area contributed by atoms with Crippen LogP contribution in [0.1, 0.15) is 56.6 Å². The molecule has 0 spiro atoms. The molecule has 0 fully saturated rings. The number of carbonyl (C=O) groups is 1. The van der Waals surface area contributed by atoms with Crippen molar-refractivity contribution in [3.63, 3.8) is 0 Å². The van der Waals surface area contributed by atoms with Crippen LogP contribution in [0.3, 0.4) is 0 Å². The first-order chi connectivity index (χ1) is 8.15. The smallest absolute Gasteiger partial charge is 0.307 e. The SMILES string of the molecule is CCCCC[C@H](C)c1ccccc1CC(=O)O. The normalized spacial score (nSPS) is 12.4. The van der Waals surface area contributed by atoms with E-state index in [4.69, 9.17) is 5.11 Å². The van der Waals surface area contributed by atoms with Gasteiger partial charge in [0.05, 0.1) is 6.42 Å². The number of hydrogen-bond acceptors (Lipinski definition) is 1. The molecule has 1 aromatic carbocycles. The van der Waals surface area contributed by atoms with Crippen LogP contribution < -0.4 is 0 Å². The summed E-state index contributed by atoms with van der Waals surface area (Å²) in [7, 11) is 0. The van der Waals surface area contributed by atoms with Crippen molar-refractivity contribution in [1.29, 1.82) is 0 Å². The molecule has 1 rings (SSSR count).